The molecule has 0 saturated heterocycles. The minimum Gasteiger partial charge on any atom is -0.342 e. The fourth-order valence-electron chi connectivity index (χ4n) is 4.86. The van der Waals surface area contributed by atoms with Gasteiger partial charge in [0.1, 0.15) is 0 Å². The molecule has 1 nitrogen and oxygen atoms in total. The number of quaternary nitrogens is 1. The van der Waals surface area contributed by atoms with Crippen molar-refractivity contribution in [1.29, 1.82) is 0 Å². The van der Waals surface area contributed by atoms with E-state index >= 15 is 0 Å². The molecule has 0 atom stereocenters. The maximum atomic E-state index is 2.66. The fourth-order valence-corrected chi connectivity index (χ4v) is 4.86. The van der Waals surface area contributed by atoms with Gasteiger partial charge in [0.15, 0.2) is 0 Å². The Balaban J connectivity index is 1.83. The summed E-state index contributed by atoms with van der Waals surface area (Å²) < 4.78 is 0. The summed E-state index contributed by atoms with van der Waals surface area (Å²) in [4.78, 5) is 0. The van der Waals surface area contributed by atoms with E-state index in [0.717, 1.165) is 23.3 Å². The van der Waals surface area contributed by atoms with Gasteiger partial charge >= 0.3 is 0 Å². The zero-order valence-corrected chi connectivity index (χ0v) is 8.76. The average molecular weight is 180 g/mol. The summed E-state index contributed by atoms with van der Waals surface area (Å²) >= 11 is 0. The van der Waals surface area contributed by atoms with Crippen LogP contribution in [0.5, 0.6) is 0 Å². The summed E-state index contributed by atoms with van der Waals surface area (Å²) in [5.74, 6) is 3.36. The van der Waals surface area contributed by atoms with Gasteiger partial charge in [-0.2, -0.15) is 0 Å². The van der Waals surface area contributed by atoms with Gasteiger partial charge in [0.25, 0.3) is 0 Å². The minimum absolute atomic E-state index is 0.726. The molecule has 4 saturated carbocycles. The van der Waals surface area contributed by atoms with Gasteiger partial charge in [-0.3, -0.25) is 0 Å². The van der Waals surface area contributed by atoms with Gasteiger partial charge in [0, 0.05) is 19.3 Å². The fraction of sp³-hybridized carbons (Fsp3) is 1.00. The van der Waals surface area contributed by atoms with Crippen LogP contribution >= 0.6 is 0 Å². The number of rotatable bonds is 2. The summed E-state index contributed by atoms with van der Waals surface area (Å²) in [6.07, 6.45) is 9.39. The highest BCUT2D eigenvalue weighted by atomic mass is 15.0. The van der Waals surface area contributed by atoms with Crippen molar-refractivity contribution in [3.8, 4) is 0 Å². The van der Waals surface area contributed by atoms with Crippen LogP contribution in [0.15, 0.2) is 0 Å². The van der Waals surface area contributed by atoms with Crippen LogP contribution in [0.2, 0.25) is 0 Å². The smallest absolute Gasteiger partial charge is 0.0969 e. The van der Waals surface area contributed by atoms with Crippen LogP contribution in [0, 0.1) is 17.8 Å². The zero-order valence-electron chi connectivity index (χ0n) is 8.76. The molecular weight excluding hydrogens is 158 g/mol. The molecule has 0 aromatic heterocycles. The lowest BCUT2D eigenvalue weighted by molar-refractivity contribution is -0.736. The summed E-state index contributed by atoms with van der Waals surface area (Å²) in [6.45, 7) is 3.62. The van der Waals surface area contributed by atoms with Crippen molar-refractivity contribution in [3.05, 3.63) is 0 Å². The molecule has 4 fully saturated rings. The normalized spacial score (nSPS) is 52.8. The van der Waals surface area contributed by atoms with E-state index in [0.29, 0.717) is 0 Å². The first-order valence-corrected chi connectivity index (χ1v) is 6.14. The van der Waals surface area contributed by atoms with Crippen LogP contribution in [0.4, 0.5) is 0 Å². The lowest BCUT2D eigenvalue weighted by atomic mass is 9.53. The van der Waals surface area contributed by atoms with Gasteiger partial charge in [0.2, 0.25) is 0 Å². The molecule has 2 N–H and O–H groups in total. The zero-order chi connectivity index (χ0) is 8.89. The monoisotopic (exact) mass is 180 g/mol. The third-order valence-corrected chi connectivity index (χ3v) is 4.72. The molecule has 0 amide bonds. The SMILES string of the molecule is CC[NH2+]C12CC3CC(CC(C3)C1)C2. The van der Waals surface area contributed by atoms with Crippen LogP contribution in [-0.4, -0.2) is 12.1 Å². The van der Waals surface area contributed by atoms with Crippen LogP contribution in [0.3, 0.4) is 0 Å². The highest BCUT2D eigenvalue weighted by Gasteiger charge is 2.52. The van der Waals surface area contributed by atoms with E-state index < -0.39 is 0 Å². The Bertz CT molecular complexity index is 174. The summed E-state index contributed by atoms with van der Waals surface area (Å²) in [6, 6.07) is 0. The van der Waals surface area contributed by atoms with E-state index in [1.807, 2.05) is 0 Å². The average Bonchev–Trinajstić information content (AvgIpc) is 2.00. The van der Waals surface area contributed by atoms with Crippen molar-refractivity contribution in [2.24, 2.45) is 17.8 Å². The first-order chi connectivity index (χ1) is 6.30. The van der Waals surface area contributed by atoms with Gasteiger partial charge in [0.05, 0.1) is 12.1 Å². The van der Waals surface area contributed by atoms with E-state index in [1.165, 1.54) is 6.54 Å². The van der Waals surface area contributed by atoms with Crippen molar-refractivity contribution in [2.45, 2.75) is 51.0 Å². The quantitative estimate of drug-likeness (QED) is 0.664. The third-order valence-electron chi connectivity index (χ3n) is 4.72. The van der Waals surface area contributed by atoms with Crippen LogP contribution < -0.4 is 5.32 Å². The highest BCUT2D eigenvalue weighted by molar-refractivity contribution is 5.01. The molecule has 4 rings (SSSR count). The second-order valence-electron chi connectivity index (χ2n) is 5.89. The maximum Gasteiger partial charge on any atom is 0.0969 e. The number of hydrogen-bond donors (Lipinski definition) is 1. The second kappa shape index (κ2) is 2.73. The Morgan fingerprint density at radius 2 is 1.46 bits per heavy atom. The van der Waals surface area contributed by atoms with E-state index in [1.54, 1.807) is 38.5 Å². The van der Waals surface area contributed by atoms with Crippen molar-refractivity contribution < 1.29 is 5.32 Å². The lowest BCUT2D eigenvalue weighted by Crippen LogP contribution is -2.98. The molecule has 4 bridgehead atoms. The maximum absolute atomic E-state index is 2.66. The Morgan fingerprint density at radius 3 is 1.85 bits per heavy atom. The Kier molecular flexibility index (Phi) is 1.74. The van der Waals surface area contributed by atoms with Crippen molar-refractivity contribution in [1.82, 2.24) is 0 Å². The van der Waals surface area contributed by atoms with Crippen LogP contribution in [0.25, 0.3) is 0 Å². The molecule has 0 heterocycles. The summed E-state index contributed by atoms with van der Waals surface area (Å²) in [7, 11) is 0. The Labute approximate surface area is 81.3 Å². The lowest BCUT2D eigenvalue weighted by Gasteiger charge is -2.54. The predicted octanol–water partition coefficient (Wildman–Crippen LogP) is 1.54. The second-order valence-corrected chi connectivity index (χ2v) is 5.89. The predicted molar refractivity (Wildman–Crippen MR) is 53.4 cm³/mol. The summed E-state index contributed by atoms with van der Waals surface area (Å²) in [5, 5.41) is 2.66. The van der Waals surface area contributed by atoms with Gasteiger partial charge in [-0.05, 0) is 43.9 Å². The topological polar surface area (TPSA) is 16.6 Å². The molecule has 74 valence electrons. The molecule has 4 aliphatic carbocycles. The minimum atomic E-state index is 0.726. The van der Waals surface area contributed by atoms with E-state index in [4.69, 9.17) is 0 Å². The molecule has 13 heavy (non-hydrogen) atoms. The molecule has 0 unspecified atom stereocenters. The molecule has 1 heteroatoms. The number of nitrogens with two attached hydrogens (primary N) is 1. The third kappa shape index (κ3) is 1.24. The first kappa shape index (κ1) is 8.28. The molecule has 0 aromatic carbocycles. The van der Waals surface area contributed by atoms with E-state index in [2.05, 4.69) is 12.2 Å². The standard InChI is InChI=1S/C12H21N/c1-2-13-12-6-9-3-10(7-12)5-11(4-9)8-12/h9-11,13H,2-8H2,1H3/p+1. The van der Waals surface area contributed by atoms with Crippen molar-refractivity contribution >= 4 is 0 Å². The van der Waals surface area contributed by atoms with Gasteiger partial charge in [-0.1, -0.05) is 0 Å². The molecule has 0 spiro atoms. The number of hydrogen-bond acceptors (Lipinski definition) is 0. The Hall–Kier alpha value is -0.0400. The molecule has 4 aliphatic rings. The van der Waals surface area contributed by atoms with Gasteiger partial charge in [-0.25, -0.2) is 0 Å². The van der Waals surface area contributed by atoms with Crippen molar-refractivity contribution in [3.63, 3.8) is 0 Å². The van der Waals surface area contributed by atoms with E-state index in [-0.39, 0.29) is 0 Å². The van der Waals surface area contributed by atoms with E-state index in [9.17, 15) is 0 Å². The highest BCUT2D eigenvalue weighted by Crippen LogP contribution is 2.54. The molecule has 0 radical (unpaired) electrons. The van der Waals surface area contributed by atoms with Crippen LogP contribution in [-0.2, 0) is 0 Å². The van der Waals surface area contributed by atoms with Gasteiger partial charge < -0.3 is 5.32 Å². The van der Waals surface area contributed by atoms with Crippen LogP contribution in [0.1, 0.15) is 45.4 Å². The first-order valence-electron chi connectivity index (χ1n) is 6.14. The largest absolute Gasteiger partial charge is 0.342 e. The molecule has 0 aliphatic heterocycles. The molecular formula is C12H22N+. The molecule has 0 aromatic rings. The summed E-state index contributed by atoms with van der Waals surface area (Å²) in [5.41, 5.74) is 0.726. The Morgan fingerprint density at radius 1 is 1.00 bits per heavy atom. The van der Waals surface area contributed by atoms with Gasteiger partial charge in [-0.15, -0.1) is 0 Å². The van der Waals surface area contributed by atoms with Crippen molar-refractivity contribution in [2.75, 3.05) is 6.54 Å².